The molecule has 0 atom stereocenters. The highest BCUT2D eigenvalue weighted by Gasteiger charge is 2.12. The van der Waals surface area contributed by atoms with Crippen LogP contribution in [-0.2, 0) is 11.2 Å². The Morgan fingerprint density at radius 1 is 1.20 bits per heavy atom. The molecule has 1 N–H and O–H groups in total. The van der Waals surface area contributed by atoms with E-state index in [-0.39, 0.29) is 18.1 Å². The van der Waals surface area contributed by atoms with E-state index in [1.54, 1.807) is 30.3 Å². The van der Waals surface area contributed by atoms with Gasteiger partial charge in [0.15, 0.2) is 6.61 Å². The maximum Gasteiger partial charge on any atom is 0.282 e. The Morgan fingerprint density at radius 3 is 2.77 bits per heavy atom. The normalized spacial score (nSPS) is 11.2. The van der Waals surface area contributed by atoms with Crippen LogP contribution in [0.25, 0.3) is 10.9 Å². The van der Waals surface area contributed by atoms with E-state index < -0.39 is 0 Å². The summed E-state index contributed by atoms with van der Waals surface area (Å²) in [6.07, 6.45) is 1.99. The van der Waals surface area contributed by atoms with Crippen LogP contribution in [0.4, 0.5) is 5.69 Å². The molecule has 0 saturated carbocycles. The molecular weight excluding hydrogens is 532 g/mol. The number of hydrogen-bond acceptors (Lipinski definition) is 5. The number of hydrogen-bond donors (Lipinski definition) is 1. The molecule has 0 aliphatic heterocycles. The number of ether oxygens (including phenoxy) is 1. The van der Waals surface area contributed by atoms with E-state index in [4.69, 9.17) is 16.3 Å². The summed E-state index contributed by atoms with van der Waals surface area (Å²) in [6, 6.07) is 17.8. The first kappa shape index (κ1) is 24.6. The first-order valence-electron chi connectivity index (χ1n) is 10.9. The molecular formula is C26H22BrClN4O3. The Bertz CT molecular complexity index is 1500. The summed E-state index contributed by atoms with van der Waals surface area (Å²) in [5.41, 5.74) is 2.51. The molecule has 4 rings (SSSR count). The topological polar surface area (TPSA) is 85.6 Å². The molecule has 0 fully saturated rings. The van der Waals surface area contributed by atoms with Crippen molar-refractivity contribution in [2.24, 2.45) is 5.10 Å². The zero-order valence-electron chi connectivity index (χ0n) is 19.1. The molecule has 0 saturated heterocycles. The van der Waals surface area contributed by atoms with E-state index >= 15 is 0 Å². The Morgan fingerprint density at radius 2 is 2.00 bits per heavy atom. The van der Waals surface area contributed by atoms with Gasteiger partial charge in [-0.2, -0.15) is 9.78 Å². The predicted octanol–water partition coefficient (Wildman–Crippen LogP) is 5.58. The molecule has 0 aliphatic carbocycles. The molecule has 1 amide bonds. The molecule has 0 spiro atoms. The second-order valence-electron chi connectivity index (χ2n) is 7.74. The number of para-hydroxylation sites is 1. The summed E-state index contributed by atoms with van der Waals surface area (Å²) >= 11 is 9.58. The largest absolute Gasteiger partial charge is 0.483 e. The van der Waals surface area contributed by atoms with Gasteiger partial charge in [0, 0.05) is 27.2 Å². The lowest BCUT2D eigenvalue weighted by atomic mass is 10.2. The predicted molar refractivity (Wildman–Crippen MR) is 143 cm³/mol. The summed E-state index contributed by atoms with van der Waals surface area (Å²) in [5, 5.41) is 8.14. The summed E-state index contributed by atoms with van der Waals surface area (Å²) in [6.45, 7) is 3.61. The van der Waals surface area contributed by atoms with Gasteiger partial charge >= 0.3 is 0 Å². The number of nitrogens with one attached hydrogen (secondary N) is 1. The SMILES string of the molecule is CCc1nc2ccc(Br)cc2c(=O)n1N=Cc1cc(Cl)ccc1OCC(=O)Nc1ccccc1C. The number of benzene rings is 3. The van der Waals surface area contributed by atoms with E-state index in [1.165, 1.54) is 10.9 Å². The Labute approximate surface area is 215 Å². The molecule has 35 heavy (non-hydrogen) atoms. The summed E-state index contributed by atoms with van der Waals surface area (Å²) in [4.78, 5) is 30.1. The maximum atomic E-state index is 13.1. The van der Waals surface area contributed by atoms with Crippen LogP contribution in [0.5, 0.6) is 5.75 Å². The highest BCUT2D eigenvalue weighted by Crippen LogP contribution is 2.22. The number of anilines is 1. The van der Waals surface area contributed by atoms with Crippen molar-refractivity contribution in [1.82, 2.24) is 9.66 Å². The molecule has 4 aromatic rings. The third-order valence-electron chi connectivity index (χ3n) is 5.25. The third-order valence-corrected chi connectivity index (χ3v) is 5.98. The monoisotopic (exact) mass is 552 g/mol. The average molecular weight is 554 g/mol. The third kappa shape index (κ3) is 5.78. The Hall–Kier alpha value is -3.49. The zero-order chi connectivity index (χ0) is 24.9. The van der Waals surface area contributed by atoms with E-state index in [0.717, 1.165) is 15.7 Å². The fourth-order valence-electron chi connectivity index (χ4n) is 3.46. The first-order chi connectivity index (χ1) is 16.9. The van der Waals surface area contributed by atoms with Crippen molar-refractivity contribution < 1.29 is 9.53 Å². The summed E-state index contributed by atoms with van der Waals surface area (Å²) in [7, 11) is 0. The standard InChI is InChI=1S/C26H22BrClN4O3/c1-3-24-30-22-10-8-18(27)13-20(22)26(34)32(24)29-14-17-12-19(28)9-11-23(17)35-15-25(33)31-21-7-5-4-6-16(21)2/h4-14H,3,15H2,1-2H3,(H,31,33). The van der Waals surface area contributed by atoms with Crippen LogP contribution < -0.4 is 15.6 Å². The number of rotatable bonds is 7. The van der Waals surface area contributed by atoms with Crippen molar-refractivity contribution in [3.63, 3.8) is 0 Å². The number of carbonyl (C=O) groups is 1. The molecule has 0 bridgehead atoms. The Kier molecular flexibility index (Phi) is 7.63. The van der Waals surface area contributed by atoms with Crippen molar-refractivity contribution >= 4 is 56.2 Å². The van der Waals surface area contributed by atoms with Crippen LogP contribution in [0.15, 0.2) is 75.0 Å². The minimum absolute atomic E-state index is 0.206. The van der Waals surface area contributed by atoms with Gasteiger partial charge in [-0.15, -0.1) is 0 Å². The van der Waals surface area contributed by atoms with Gasteiger partial charge in [-0.05, 0) is 55.0 Å². The zero-order valence-corrected chi connectivity index (χ0v) is 21.4. The second-order valence-corrected chi connectivity index (χ2v) is 9.09. The lowest BCUT2D eigenvalue weighted by molar-refractivity contribution is -0.118. The van der Waals surface area contributed by atoms with Crippen LogP contribution in [-0.4, -0.2) is 28.4 Å². The summed E-state index contributed by atoms with van der Waals surface area (Å²) in [5.74, 6) is 0.620. The molecule has 1 heterocycles. The van der Waals surface area contributed by atoms with Gasteiger partial charge < -0.3 is 10.1 Å². The minimum atomic E-state index is -0.300. The van der Waals surface area contributed by atoms with Gasteiger partial charge in [-0.1, -0.05) is 52.7 Å². The molecule has 9 heteroatoms. The fraction of sp³-hybridized carbons (Fsp3) is 0.154. The number of amides is 1. The van der Waals surface area contributed by atoms with Crippen molar-refractivity contribution in [2.75, 3.05) is 11.9 Å². The minimum Gasteiger partial charge on any atom is -0.483 e. The molecule has 0 radical (unpaired) electrons. The van der Waals surface area contributed by atoms with E-state index in [0.29, 0.717) is 39.5 Å². The van der Waals surface area contributed by atoms with E-state index in [9.17, 15) is 9.59 Å². The van der Waals surface area contributed by atoms with Crippen LogP contribution in [0.3, 0.4) is 0 Å². The molecule has 178 valence electrons. The highest BCUT2D eigenvalue weighted by molar-refractivity contribution is 9.10. The Balaban J connectivity index is 1.60. The van der Waals surface area contributed by atoms with Crippen molar-refractivity contribution in [3.05, 3.63) is 97.5 Å². The number of nitrogens with zero attached hydrogens (tertiary/aromatic N) is 3. The van der Waals surface area contributed by atoms with Gasteiger partial charge in [-0.3, -0.25) is 9.59 Å². The van der Waals surface area contributed by atoms with Gasteiger partial charge in [-0.25, -0.2) is 4.98 Å². The van der Waals surface area contributed by atoms with Crippen molar-refractivity contribution in [2.45, 2.75) is 20.3 Å². The number of aryl methyl sites for hydroxylation is 2. The number of aromatic nitrogens is 2. The van der Waals surface area contributed by atoms with E-state index in [2.05, 4.69) is 31.3 Å². The number of carbonyl (C=O) groups excluding carboxylic acids is 1. The van der Waals surface area contributed by atoms with Crippen molar-refractivity contribution in [3.8, 4) is 5.75 Å². The molecule has 0 aliphatic rings. The van der Waals surface area contributed by atoms with Crippen LogP contribution in [0, 0.1) is 6.92 Å². The highest BCUT2D eigenvalue weighted by atomic mass is 79.9. The lowest BCUT2D eigenvalue weighted by Gasteiger charge is -2.12. The van der Waals surface area contributed by atoms with Gasteiger partial charge in [0.1, 0.15) is 11.6 Å². The molecule has 7 nitrogen and oxygen atoms in total. The van der Waals surface area contributed by atoms with Crippen molar-refractivity contribution in [1.29, 1.82) is 0 Å². The fourth-order valence-corrected chi connectivity index (χ4v) is 4.00. The molecule has 3 aromatic carbocycles. The molecule has 0 unspecified atom stereocenters. The number of halogens is 2. The quantitative estimate of drug-likeness (QED) is 0.303. The summed E-state index contributed by atoms with van der Waals surface area (Å²) < 4.78 is 7.80. The van der Waals surface area contributed by atoms with Gasteiger partial charge in [0.25, 0.3) is 11.5 Å². The van der Waals surface area contributed by atoms with Gasteiger partial charge in [0.2, 0.25) is 0 Å². The van der Waals surface area contributed by atoms with Crippen LogP contribution in [0.2, 0.25) is 5.02 Å². The lowest BCUT2D eigenvalue weighted by Crippen LogP contribution is -2.22. The van der Waals surface area contributed by atoms with E-state index in [1.807, 2.05) is 44.2 Å². The molecule has 1 aromatic heterocycles. The number of fused-ring (bicyclic) bond motifs is 1. The second kappa shape index (κ2) is 10.8. The maximum absolute atomic E-state index is 13.1. The first-order valence-corrected chi connectivity index (χ1v) is 12.1. The smallest absolute Gasteiger partial charge is 0.282 e. The van der Waals surface area contributed by atoms with Crippen LogP contribution in [0.1, 0.15) is 23.9 Å². The average Bonchev–Trinajstić information content (AvgIpc) is 2.84. The van der Waals surface area contributed by atoms with Crippen LogP contribution >= 0.6 is 27.5 Å². The van der Waals surface area contributed by atoms with Gasteiger partial charge in [0.05, 0.1) is 17.1 Å².